The molecule has 0 bridgehead atoms. The molecule has 1 amide bonds. The predicted molar refractivity (Wildman–Crippen MR) is 124 cm³/mol. The first-order valence-electron chi connectivity index (χ1n) is 12.3. The van der Waals surface area contributed by atoms with Crippen molar-refractivity contribution in [1.82, 2.24) is 30.1 Å². The van der Waals surface area contributed by atoms with Gasteiger partial charge in [-0.25, -0.2) is 15.0 Å². The first-order chi connectivity index (χ1) is 17.5. The molecule has 37 heavy (non-hydrogen) atoms. The second-order valence-electron chi connectivity index (χ2n) is 9.44. The number of piperidine rings is 2. The van der Waals surface area contributed by atoms with Crippen LogP contribution >= 0.6 is 0 Å². The third-order valence-corrected chi connectivity index (χ3v) is 6.63. The van der Waals surface area contributed by atoms with E-state index in [4.69, 9.17) is 0 Å². The van der Waals surface area contributed by atoms with Crippen LogP contribution in [0.25, 0.3) is 11.0 Å². The van der Waals surface area contributed by atoms with E-state index in [1.54, 1.807) is 0 Å². The van der Waals surface area contributed by atoms with Gasteiger partial charge in [0, 0.05) is 32.2 Å². The molecule has 0 atom stereocenters. The van der Waals surface area contributed by atoms with Crippen molar-refractivity contribution in [3.8, 4) is 0 Å². The molecule has 14 heteroatoms. The molecule has 0 unspecified atom stereocenters. The second kappa shape index (κ2) is 11.3. The maximum Gasteiger partial charge on any atom is 0.418 e. The number of alkyl halides is 6. The topological polar surface area (TPSA) is 86.3 Å². The lowest BCUT2D eigenvalue weighted by atomic mass is 10.0. The summed E-state index contributed by atoms with van der Waals surface area (Å²) in [6.45, 7) is 4.29. The van der Waals surface area contributed by atoms with Crippen molar-refractivity contribution < 1.29 is 31.1 Å². The highest BCUT2D eigenvalue weighted by Crippen LogP contribution is 2.35. The summed E-state index contributed by atoms with van der Waals surface area (Å²) in [6.07, 6.45) is -3.50. The number of halogens is 6. The molecule has 4 heterocycles. The zero-order chi connectivity index (χ0) is 26.6. The number of carbonyl (C=O) groups excluding carboxylic acids is 1. The average molecular weight is 534 g/mol. The fraction of sp³-hybridized carbons (Fsp3) is 0.652. The SMILES string of the molecule is O=C(NC1CCN(CCN2CCCCC2)CC1)c1ncc2nc(NCC(F)(F)F)cc(C(F)(F)F)c2n1. The lowest BCUT2D eigenvalue weighted by Gasteiger charge is -2.34. The van der Waals surface area contributed by atoms with Gasteiger partial charge in [-0.2, -0.15) is 26.3 Å². The molecular weight excluding hydrogens is 504 g/mol. The Hall–Kier alpha value is -2.74. The van der Waals surface area contributed by atoms with Gasteiger partial charge in [0.2, 0.25) is 5.82 Å². The van der Waals surface area contributed by atoms with Gasteiger partial charge in [-0.15, -0.1) is 0 Å². The molecule has 2 fully saturated rings. The summed E-state index contributed by atoms with van der Waals surface area (Å²) in [7, 11) is 0. The fourth-order valence-electron chi connectivity index (χ4n) is 4.65. The molecule has 4 rings (SSSR count). The summed E-state index contributed by atoms with van der Waals surface area (Å²) in [5.74, 6) is -1.78. The van der Waals surface area contributed by atoms with Crippen LogP contribution in [-0.4, -0.2) is 88.7 Å². The second-order valence-corrected chi connectivity index (χ2v) is 9.44. The number of pyridine rings is 1. The quantitative estimate of drug-likeness (QED) is 0.525. The molecule has 2 N–H and O–H groups in total. The van der Waals surface area contributed by atoms with E-state index in [0.717, 1.165) is 45.5 Å². The van der Waals surface area contributed by atoms with Crippen LogP contribution in [-0.2, 0) is 6.18 Å². The molecule has 0 spiro atoms. The van der Waals surface area contributed by atoms with Crippen molar-refractivity contribution >= 4 is 22.8 Å². The summed E-state index contributed by atoms with van der Waals surface area (Å²) < 4.78 is 78.4. The van der Waals surface area contributed by atoms with E-state index in [0.29, 0.717) is 18.9 Å². The van der Waals surface area contributed by atoms with E-state index in [1.165, 1.54) is 19.3 Å². The molecule has 2 saturated heterocycles. The van der Waals surface area contributed by atoms with Crippen molar-refractivity contribution in [3.63, 3.8) is 0 Å². The Balaban J connectivity index is 1.38. The number of likely N-dealkylation sites (tertiary alicyclic amines) is 2. The minimum Gasteiger partial charge on any atom is -0.361 e. The van der Waals surface area contributed by atoms with Gasteiger partial charge >= 0.3 is 12.4 Å². The maximum atomic E-state index is 13.6. The number of nitrogens with zero attached hydrogens (tertiary/aromatic N) is 5. The number of rotatable bonds is 7. The molecule has 0 aliphatic carbocycles. The molecule has 2 aliphatic heterocycles. The van der Waals surface area contributed by atoms with E-state index in [1.807, 2.05) is 5.32 Å². The van der Waals surface area contributed by atoms with Crippen LogP contribution in [0.5, 0.6) is 0 Å². The molecule has 0 aromatic carbocycles. The number of nitrogens with one attached hydrogen (secondary N) is 2. The number of aromatic nitrogens is 3. The molecule has 204 valence electrons. The Morgan fingerprint density at radius 1 is 0.946 bits per heavy atom. The molecular formula is C23H29F6N7O. The van der Waals surface area contributed by atoms with Crippen LogP contribution in [0.2, 0.25) is 0 Å². The first-order valence-corrected chi connectivity index (χ1v) is 12.3. The van der Waals surface area contributed by atoms with E-state index in [9.17, 15) is 31.1 Å². The number of hydrogen-bond acceptors (Lipinski definition) is 7. The zero-order valence-electron chi connectivity index (χ0n) is 20.1. The fourth-order valence-corrected chi connectivity index (χ4v) is 4.65. The first kappa shape index (κ1) is 27.3. The van der Waals surface area contributed by atoms with E-state index in [-0.39, 0.29) is 11.6 Å². The van der Waals surface area contributed by atoms with Crippen LogP contribution in [0, 0.1) is 0 Å². The van der Waals surface area contributed by atoms with Gasteiger partial charge in [0.25, 0.3) is 5.91 Å². The minimum atomic E-state index is -4.93. The van der Waals surface area contributed by atoms with Gasteiger partial charge in [0.1, 0.15) is 23.4 Å². The van der Waals surface area contributed by atoms with Crippen molar-refractivity contribution in [2.45, 2.75) is 50.5 Å². The number of fused-ring (bicyclic) bond motifs is 1. The Morgan fingerprint density at radius 3 is 2.22 bits per heavy atom. The van der Waals surface area contributed by atoms with E-state index < -0.39 is 47.5 Å². The van der Waals surface area contributed by atoms with Gasteiger partial charge < -0.3 is 20.4 Å². The minimum absolute atomic E-state index is 0.160. The van der Waals surface area contributed by atoms with Gasteiger partial charge in [-0.1, -0.05) is 6.42 Å². The number of hydrogen-bond donors (Lipinski definition) is 2. The predicted octanol–water partition coefficient (Wildman–Crippen LogP) is 3.70. The van der Waals surface area contributed by atoms with Crippen molar-refractivity contribution in [2.75, 3.05) is 51.1 Å². The lowest BCUT2D eigenvalue weighted by Crippen LogP contribution is -2.47. The molecule has 2 aromatic rings. The number of carbonyl (C=O) groups is 1. The van der Waals surface area contributed by atoms with Gasteiger partial charge in [-0.05, 0) is 44.8 Å². The summed E-state index contributed by atoms with van der Waals surface area (Å²) >= 11 is 0. The van der Waals surface area contributed by atoms with E-state index in [2.05, 4.69) is 30.1 Å². The number of anilines is 1. The smallest absolute Gasteiger partial charge is 0.361 e. The van der Waals surface area contributed by atoms with E-state index >= 15 is 0 Å². The monoisotopic (exact) mass is 533 g/mol. The zero-order valence-corrected chi connectivity index (χ0v) is 20.1. The van der Waals surface area contributed by atoms with Crippen LogP contribution in [0.3, 0.4) is 0 Å². The Labute approximate surface area is 209 Å². The third-order valence-electron chi connectivity index (χ3n) is 6.63. The molecule has 8 nitrogen and oxygen atoms in total. The van der Waals surface area contributed by atoms with Crippen LogP contribution in [0.15, 0.2) is 12.3 Å². The highest BCUT2D eigenvalue weighted by Gasteiger charge is 2.36. The normalized spacial score (nSPS) is 18.8. The molecule has 2 aromatic heterocycles. The van der Waals surface area contributed by atoms with Gasteiger partial charge in [0.15, 0.2) is 0 Å². The Morgan fingerprint density at radius 2 is 1.59 bits per heavy atom. The van der Waals surface area contributed by atoms with Crippen LogP contribution < -0.4 is 10.6 Å². The van der Waals surface area contributed by atoms with Gasteiger partial charge in [-0.3, -0.25) is 4.79 Å². The maximum absolute atomic E-state index is 13.6. The van der Waals surface area contributed by atoms with Crippen molar-refractivity contribution in [3.05, 3.63) is 23.7 Å². The molecule has 0 saturated carbocycles. The van der Waals surface area contributed by atoms with Gasteiger partial charge in [0.05, 0.1) is 11.8 Å². The lowest BCUT2D eigenvalue weighted by molar-refractivity contribution is -0.136. The van der Waals surface area contributed by atoms with Crippen LogP contribution in [0.1, 0.15) is 48.3 Å². The molecule has 2 aliphatic rings. The largest absolute Gasteiger partial charge is 0.418 e. The average Bonchev–Trinajstić information content (AvgIpc) is 2.86. The highest BCUT2D eigenvalue weighted by atomic mass is 19.4. The molecule has 0 radical (unpaired) electrons. The summed E-state index contributed by atoms with van der Waals surface area (Å²) in [6, 6.07) is 0.287. The standard InChI is InChI=1S/C23H29F6N7O/c24-22(25,26)14-31-18-12-16(23(27,28)29)19-17(33-18)13-30-20(34-19)21(37)32-15-4-8-36(9-5-15)11-10-35-6-2-1-3-7-35/h12-13,15H,1-11,14H2,(H,31,33)(H,32,37). The van der Waals surface area contributed by atoms with Crippen LogP contribution in [0.4, 0.5) is 32.2 Å². The Bertz CT molecular complexity index is 1080. The summed E-state index contributed by atoms with van der Waals surface area (Å²) in [5, 5.41) is 4.63. The Kier molecular flexibility index (Phi) is 8.36. The summed E-state index contributed by atoms with van der Waals surface area (Å²) in [4.78, 5) is 28.9. The van der Waals surface area contributed by atoms with Crippen molar-refractivity contribution in [2.24, 2.45) is 0 Å². The number of amides is 1. The van der Waals surface area contributed by atoms with Crippen molar-refractivity contribution in [1.29, 1.82) is 0 Å². The third kappa shape index (κ3) is 7.63. The highest BCUT2D eigenvalue weighted by molar-refractivity contribution is 5.93. The summed E-state index contributed by atoms with van der Waals surface area (Å²) in [5.41, 5.74) is -2.34.